The summed E-state index contributed by atoms with van der Waals surface area (Å²) in [5.41, 5.74) is 0.198. The molecule has 2 nitrogen and oxygen atoms in total. The van der Waals surface area contributed by atoms with Gasteiger partial charge in [0, 0.05) is 12.5 Å². The molecule has 0 aromatic rings. The summed E-state index contributed by atoms with van der Waals surface area (Å²) in [6, 6.07) is 0. The Bertz CT molecular complexity index is 253. The van der Waals surface area contributed by atoms with E-state index in [9.17, 15) is 4.79 Å². The van der Waals surface area contributed by atoms with Gasteiger partial charge in [-0.15, -0.1) is 0 Å². The van der Waals surface area contributed by atoms with E-state index in [1.165, 1.54) is 43.0 Å². The highest BCUT2D eigenvalue weighted by Crippen LogP contribution is 2.40. The normalized spacial score (nSPS) is 22.7. The first-order chi connectivity index (χ1) is 8.58. The predicted octanol–water partition coefficient (Wildman–Crippen LogP) is 4.31. The van der Waals surface area contributed by atoms with E-state index >= 15 is 0 Å². The largest absolute Gasteiger partial charge is 0.356 e. The summed E-state index contributed by atoms with van der Waals surface area (Å²) < 4.78 is 1.25. The number of unbranched alkanes of at least 4 members (excludes halogenated alkanes) is 3. The Labute approximate surface area is 126 Å². The second kappa shape index (κ2) is 8.39. The van der Waals surface area contributed by atoms with Gasteiger partial charge in [-0.1, -0.05) is 62.1 Å². The fourth-order valence-corrected chi connectivity index (χ4v) is 3.43. The lowest BCUT2D eigenvalue weighted by molar-refractivity contribution is -0.130. The maximum absolute atomic E-state index is 12.2. The van der Waals surface area contributed by atoms with Crippen LogP contribution in [-0.4, -0.2) is 16.9 Å². The van der Waals surface area contributed by atoms with Crippen LogP contribution in [0.15, 0.2) is 0 Å². The van der Waals surface area contributed by atoms with Crippen molar-refractivity contribution < 1.29 is 4.79 Å². The average molecular weight is 365 g/mol. The Hall–Kier alpha value is 0.200. The van der Waals surface area contributed by atoms with Gasteiger partial charge < -0.3 is 5.32 Å². The molecule has 0 aromatic heterocycles. The molecule has 1 aliphatic rings. The minimum atomic E-state index is 0.198. The van der Waals surface area contributed by atoms with E-state index in [1.54, 1.807) is 0 Å². The van der Waals surface area contributed by atoms with Gasteiger partial charge in [0.05, 0.1) is 0 Å². The SMILES string of the molecule is CC1(C)CCCCC1C(=O)NCCCCCCI. The number of carbonyl (C=O) groups excluding carboxylic acids is 1. The molecule has 0 aliphatic heterocycles. The zero-order valence-corrected chi connectivity index (χ0v) is 14.1. The standard InChI is InChI=1S/C15H28INO/c1-15(2)10-6-5-9-13(15)14(18)17-12-8-4-3-7-11-16/h13H,3-12H2,1-2H3,(H,17,18). The maximum atomic E-state index is 12.2. The van der Waals surface area contributed by atoms with E-state index in [2.05, 4.69) is 41.8 Å². The fraction of sp³-hybridized carbons (Fsp3) is 0.933. The van der Waals surface area contributed by atoms with Crippen LogP contribution >= 0.6 is 22.6 Å². The Morgan fingerprint density at radius 2 is 1.94 bits per heavy atom. The third-order valence-electron chi connectivity index (χ3n) is 4.18. The van der Waals surface area contributed by atoms with Crippen LogP contribution in [0.3, 0.4) is 0 Å². The molecule has 1 N–H and O–H groups in total. The first-order valence-corrected chi connectivity index (χ1v) is 8.94. The number of halogens is 1. The molecular formula is C15H28INO. The number of nitrogens with one attached hydrogen (secondary N) is 1. The van der Waals surface area contributed by atoms with Crippen molar-refractivity contribution in [2.24, 2.45) is 11.3 Å². The van der Waals surface area contributed by atoms with E-state index in [4.69, 9.17) is 0 Å². The first-order valence-electron chi connectivity index (χ1n) is 7.41. The van der Waals surface area contributed by atoms with Gasteiger partial charge in [0.25, 0.3) is 0 Å². The number of rotatable bonds is 7. The third-order valence-corrected chi connectivity index (χ3v) is 4.95. The lowest BCUT2D eigenvalue weighted by atomic mass is 9.68. The zero-order chi connectivity index (χ0) is 13.4. The summed E-state index contributed by atoms with van der Waals surface area (Å²) in [6.45, 7) is 5.36. The Balaban J connectivity index is 2.19. The average Bonchev–Trinajstić information content (AvgIpc) is 2.32. The van der Waals surface area contributed by atoms with Crippen molar-refractivity contribution in [1.82, 2.24) is 5.32 Å². The van der Waals surface area contributed by atoms with E-state index in [0.717, 1.165) is 19.4 Å². The van der Waals surface area contributed by atoms with E-state index in [-0.39, 0.29) is 11.3 Å². The van der Waals surface area contributed by atoms with Crippen LogP contribution < -0.4 is 5.32 Å². The van der Waals surface area contributed by atoms with Crippen LogP contribution in [0.25, 0.3) is 0 Å². The molecular weight excluding hydrogens is 337 g/mol. The molecule has 1 rings (SSSR count). The molecule has 18 heavy (non-hydrogen) atoms. The summed E-state index contributed by atoms with van der Waals surface area (Å²) in [5, 5.41) is 3.14. The topological polar surface area (TPSA) is 29.1 Å². The van der Waals surface area contributed by atoms with Crippen LogP contribution in [0.5, 0.6) is 0 Å². The molecule has 0 heterocycles. The summed E-state index contributed by atoms with van der Waals surface area (Å²) in [4.78, 5) is 12.2. The van der Waals surface area contributed by atoms with Gasteiger partial charge in [0.1, 0.15) is 0 Å². The van der Waals surface area contributed by atoms with E-state index in [1.807, 2.05) is 0 Å². The molecule has 1 saturated carbocycles. The Kier molecular flexibility index (Phi) is 7.57. The number of hydrogen-bond donors (Lipinski definition) is 1. The van der Waals surface area contributed by atoms with Gasteiger partial charge in [-0.2, -0.15) is 0 Å². The van der Waals surface area contributed by atoms with Crippen LogP contribution in [0.1, 0.15) is 65.2 Å². The highest BCUT2D eigenvalue weighted by atomic mass is 127. The number of amides is 1. The number of carbonyl (C=O) groups is 1. The summed E-state index contributed by atoms with van der Waals surface area (Å²) >= 11 is 2.42. The van der Waals surface area contributed by atoms with Crippen molar-refractivity contribution in [3.8, 4) is 0 Å². The van der Waals surface area contributed by atoms with Gasteiger partial charge in [0.15, 0.2) is 0 Å². The fourth-order valence-electron chi connectivity index (χ4n) is 2.89. The first kappa shape index (κ1) is 16.3. The van der Waals surface area contributed by atoms with Crippen molar-refractivity contribution in [1.29, 1.82) is 0 Å². The Morgan fingerprint density at radius 1 is 1.22 bits per heavy atom. The molecule has 3 heteroatoms. The van der Waals surface area contributed by atoms with Crippen molar-refractivity contribution >= 4 is 28.5 Å². The summed E-state index contributed by atoms with van der Waals surface area (Å²) in [5.74, 6) is 0.536. The van der Waals surface area contributed by atoms with Gasteiger partial charge >= 0.3 is 0 Å². The van der Waals surface area contributed by atoms with Crippen LogP contribution in [0, 0.1) is 11.3 Å². The third kappa shape index (κ3) is 5.45. The predicted molar refractivity (Wildman–Crippen MR) is 86.1 cm³/mol. The molecule has 1 fully saturated rings. The van der Waals surface area contributed by atoms with Gasteiger partial charge in [0.2, 0.25) is 5.91 Å². The molecule has 1 aliphatic carbocycles. The van der Waals surface area contributed by atoms with Crippen molar-refractivity contribution in [2.75, 3.05) is 11.0 Å². The number of alkyl halides is 1. The molecule has 0 radical (unpaired) electrons. The molecule has 0 aromatic carbocycles. The van der Waals surface area contributed by atoms with Crippen molar-refractivity contribution in [2.45, 2.75) is 65.2 Å². The Morgan fingerprint density at radius 3 is 2.61 bits per heavy atom. The van der Waals surface area contributed by atoms with Crippen LogP contribution in [0.2, 0.25) is 0 Å². The van der Waals surface area contributed by atoms with Gasteiger partial charge in [-0.05, 0) is 35.5 Å². The lowest BCUT2D eigenvalue weighted by Crippen LogP contribution is -2.41. The molecule has 106 valence electrons. The van der Waals surface area contributed by atoms with Gasteiger partial charge in [-0.3, -0.25) is 4.79 Å². The summed E-state index contributed by atoms with van der Waals surface area (Å²) in [7, 11) is 0. The maximum Gasteiger partial charge on any atom is 0.223 e. The summed E-state index contributed by atoms with van der Waals surface area (Å²) in [6.07, 6.45) is 9.77. The second-order valence-corrected chi connectivity index (χ2v) is 7.26. The quantitative estimate of drug-likeness (QED) is 0.407. The van der Waals surface area contributed by atoms with Crippen LogP contribution in [0.4, 0.5) is 0 Å². The molecule has 0 spiro atoms. The molecule has 1 atom stereocenters. The van der Waals surface area contributed by atoms with Crippen molar-refractivity contribution in [3.63, 3.8) is 0 Å². The highest BCUT2D eigenvalue weighted by Gasteiger charge is 2.36. The minimum Gasteiger partial charge on any atom is -0.356 e. The molecule has 0 saturated heterocycles. The van der Waals surface area contributed by atoms with E-state index in [0.29, 0.717) is 5.91 Å². The van der Waals surface area contributed by atoms with Gasteiger partial charge in [-0.25, -0.2) is 0 Å². The van der Waals surface area contributed by atoms with Crippen LogP contribution in [-0.2, 0) is 4.79 Å². The van der Waals surface area contributed by atoms with E-state index < -0.39 is 0 Å². The monoisotopic (exact) mass is 365 g/mol. The highest BCUT2D eigenvalue weighted by molar-refractivity contribution is 14.1. The minimum absolute atomic E-state index is 0.198. The molecule has 0 bridgehead atoms. The molecule has 1 amide bonds. The zero-order valence-electron chi connectivity index (χ0n) is 11.9. The second-order valence-electron chi connectivity index (χ2n) is 6.18. The number of hydrogen-bond acceptors (Lipinski definition) is 1. The smallest absolute Gasteiger partial charge is 0.223 e. The van der Waals surface area contributed by atoms with Crippen molar-refractivity contribution in [3.05, 3.63) is 0 Å². The molecule has 1 unspecified atom stereocenters. The lowest BCUT2D eigenvalue weighted by Gasteiger charge is -2.37.